The number of aliphatic carboxylic acids is 1. The van der Waals surface area contributed by atoms with Crippen LogP contribution in [0.1, 0.15) is 0 Å². The van der Waals surface area contributed by atoms with Crippen LogP contribution in [0.4, 0.5) is 9.57 Å². The molecule has 0 fully saturated rings. The lowest BCUT2D eigenvalue weighted by atomic mass is 10.2. The summed E-state index contributed by atoms with van der Waals surface area (Å²) in [4.78, 5) is 22.4. The number of hydrogen-bond acceptors (Lipinski definition) is 5. The van der Waals surface area contributed by atoms with Gasteiger partial charge >= 0.3 is 16.2 Å². The van der Waals surface area contributed by atoms with E-state index in [1.54, 1.807) is 0 Å². The van der Waals surface area contributed by atoms with Gasteiger partial charge in [0.25, 0.3) is 5.91 Å². The first-order valence-corrected chi connectivity index (χ1v) is 6.41. The van der Waals surface area contributed by atoms with Crippen molar-refractivity contribution in [1.29, 1.82) is 0 Å². The molecule has 1 N–H and O–H groups in total. The third-order valence-corrected chi connectivity index (χ3v) is 3.27. The highest BCUT2D eigenvalue weighted by Crippen LogP contribution is 2.34. The van der Waals surface area contributed by atoms with Crippen molar-refractivity contribution in [1.82, 2.24) is 0 Å². The van der Waals surface area contributed by atoms with Gasteiger partial charge in [-0.25, -0.2) is 0 Å². The van der Waals surface area contributed by atoms with Gasteiger partial charge in [0.1, 0.15) is 17.2 Å². The molecule has 9 heteroatoms. The van der Waals surface area contributed by atoms with Crippen LogP contribution < -0.4 is 9.64 Å². The zero-order chi connectivity index (χ0) is 14.2. The molecule has 0 aromatic heterocycles. The van der Waals surface area contributed by atoms with E-state index in [0.717, 1.165) is 17.0 Å². The Hall–Kier alpha value is -2.16. The second kappa shape index (κ2) is 4.50. The van der Waals surface area contributed by atoms with Gasteiger partial charge in [-0.3, -0.25) is 14.5 Å². The van der Waals surface area contributed by atoms with E-state index >= 15 is 0 Å². The number of benzene rings is 1. The minimum absolute atomic E-state index is 0.0858. The van der Waals surface area contributed by atoms with E-state index in [9.17, 15) is 21.9 Å². The normalized spacial score (nSPS) is 14.8. The summed E-state index contributed by atoms with van der Waals surface area (Å²) in [5, 5.41) is 8.71. The number of rotatable bonds is 3. The summed E-state index contributed by atoms with van der Waals surface area (Å²) in [7, 11) is -4.95. The fraction of sp³-hybridized carbons (Fsp3) is 0.200. The summed E-state index contributed by atoms with van der Waals surface area (Å²) in [6.45, 7) is -1.02. The molecule has 0 aliphatic carbocycles. The molecular weight excluding hydrogens is 281 g/mol. The molecule has 1 aliphatic heterocycles. The van der Waals surface area contributed by atoms with E-state index in [4.69, 9.17) is 9.84 Å². The largest absolute Gasteiger partial charge is 0.482 e. The van der Waals surface area contributed by atoms with Crippen LogP contribution in [0, 0.1) is 0 Å². The average molecular weight is 289 g/mol. The number of carboxylic acids is 1. The van der Waals surface area contributed by atoms with Crippen molar-refractivity contribution in [2.45, 2.75) is 4.90 Å². The van der Waals surface area contributed by atoms with Gasteiger partial charge in [-0.05, 0) is 18.2 Å². The molecule has 1 aromatic carbocycles. The predicted octanol–water partition coefficient (Wildman–Crippen LogP) is 0.155. The molecule has 0 atom stereocenters. The van der Waals surface area contributed by atoms with Gasteiger partial charge in [-0.15, -0.1) is 3.89 Å². The molecule has 1 amide bonds. The highest BCUT2D eigenvalue weighted by Gasteiger charge is 2.29. The van der Waals surface area contributed by atoms with Crippen molar-refractivity contribution in [3.63, 3.8) is 0 Å². The lowest BCUT2D eigenvalue weighted by molar-refractivity contribution is -0.137. The monoisotopic (exact) mass is 289 g/mol. The summed E-state index contributed by atoms with van der Waals surface area (Å²) >= 11 is 0. The van der Waals surface area contributed by atoms with Gasteiger partial charge in [-0.2, -0.15) is 8.42 Å². The smallest absolute Gasteiger partial charge is 0.332 e. The topological polar surface area (TPSA) is 101 Å². The van der Waals surface area contributed by atoms with Crippen molar-refractivity contribution in [2.24, 2.45) is 0 Å². The summed E-state index contributed by atoms with van der Waals surface area (Å²) in [5.41, 5.74) is -0.0858. The molecule has 0 spiro atoms. The second-order valence-corrected chi connectivity index (χ2v) is 5.08. The SMILES string of the molecule is O=C(O)CN1C(=O)COc2ccc(S(=O)(=O)F)cc21. The molecule has 0 radical (unpaired) electrons. The number of anilines is 1. The van der Waals surface area contributed by atoms with Gasteiger partial charge in [0.15, 0.2) is 6.61 Å². The third kappa shape index (κ3) is 2.65. The molecule has 1 aliphatic rings. The first-order valence-electron chi connectivity index (χ1n) is 5.02. The lowest BCUT2D eigenvalue weighted by Gasteiger charge is -2.28. The van der Waals surface area contributed by atoms with Crippen LogP contribution in [0.15, 0.2) is 23.1 Å². The molecular formula is C10H8FNO6S. The maximum absolute atomic E-state index is 12.9. The van der Waals surface area contributed by atoms with Gasteiger partial charge in [0.2, 0.25) is 0 Å². The van der Waals surface area contributed by atoms with E-state index in [1.807, 2.05) is 0 Å². The number of carbonyl (C=O) groups excluding carboxylic acids is 1. The molecule has 0 unspecified atom stereocenters. The van der Waals surface area contributed by atoms with Crippen LogP contribution in [0.2, 0.25) is 0 Å². The van der Waals surface area contributed by atoms with Gasteiger partial charge in [0.05, 0.1) is 5.69 Å². The lowest BCUT2D eigenvalue weighted by Crippen LogP contribution is -2.42. The highest BCUT2D eigenvalue weighted by molar-refractivity contribution is 7.86. The molecule has 0 bridgehead atoms. The number of fused-ring (bicyclic) bond motifs is 1. The van der Waals surface area contributed by atoms with Crippen molar-refractivity contribution >= 4 is 27.8 Å². The number of ether oxygens (including phenoxy) is 1. The van der Waals surface area contributed by atoms with Crippen LogP contribution in [0.5, 0.6) is 5.75 Å². The molecule has 19 heavy (non-hydrogen) atoms. The fourth-order valence-corrected chi connectivity index (χ4v) is 2.13. The van der Waals surface area contributed by atoms with Crippen molar-refractivity contribution in [3.8, 4) is 5.75 Å². The number of nitrogens with zero attached hydrogens (tertiary/aromatic N) is 1. The van der Waals surface area contributed by atoms with Gasteiger partial charge in [0, 0.05) is 0 Å². The summed E-state index contributed by atoms with van der Waals surface area (Å²) < 4.78 is 39.5. The predicted molar refractivity (Wildman–Crippen MR) is 60.2 cm³/mol. The van der Waals surface area contributed by atoms with Crippen molar-refractivity contribution in [2.75, 3.05) is 18.1 Å². The van der Waals surface area contributed by atoms with E-state index in [2.05, 4.69) is 0 Å². The summed E-state index contributed by atoms with van der Waals surface area (Å²) in [5.74, 6) is -1.81. The maximum Gasteiger partial charge on any atom is 0.332 e. The number of carboxylic acid groups (broad SMARTS) is 1. The summed E-state index contributed by atoms with van der Waals surface area (Å²) in [6.07, 6.45) is 0. The standard InChI is InChI=1S/C10H8FNO6S/c11-19(16,17)6-1-2-8-7(3-6)12(4-10(14)15)9(13)5-18-8/h1-3H,4-5H2,(H,14,15). The summed E-state index contributed by atoms with van der Waals surface area (Å²) in [6, 6.07) is 3.01. The Morgan fingerprint density at radius 1 is 1.47 bits per heavy atom. The molecule has 1 heterocycles. The second-order valence-electron chi connectivity index (χ2n) is 3.73. The van der Waals surface area contributed by atoms with E-state index < -0.39 is 33.5 Å². The van der Waals surface area contributed by atoms with Gasteiger partial charge in [-0.1, -0.05) is 0 Å². The number of hydrogen-bond donors (Lipinski definition) is 1. The van der Waals surface area contributed by atoms with Crippen LogP contribution in [0.3, 0.4) is 0 Å². The number of halogens is 1. The Morgan fingerprint density at radius 3 is 2.74 bits per heavy atom. The van der Waals surface area contributed by atoms with Crippen LogP contribution in [-0.2, 0) is 19.8 Å². The molecule has 102 valence electrons. The quantitative estimate of drug-likeness (QED) is 0.795. The van der Waals surface area contributed by atoms with Gasteiger partial charge < -0.3 is 9.84 Å². The Morgan fingerprint density at radius 2 is 2.16 bits per heavy atom. The van der Waals surface area contributed by atoms with Crippen molar-refractivity contribution < 1.29 is 31.7 Å². The average Bonchev–Trinajstić information content (AvgIpc) is 2.30. The van der Waals surface area contributed by atoms with Crippen LogP contribution in [-0.4, -0.2) is 38.6 Å². The fourth-order valence-electron chi connectivity index (χ4n) is 1.64. The minimum atomic E-state index is -4.95. The van der Waals surface area contributed by atoms with E-state index in [-0.39, 0.29) is 18.0 Å². The Bertz CT molecular complexity index is 656. The zero-order valence-electron chi connectivity index (χ0n) is 9.37. The van der Waals surface area contributed by atoms with Crippen LogP contribution in [0.25, 0.3) is 0 Å². The highest BCUT2D eigenvalue weighted by atomic mass is 32.3. The molecule has 0 saturated heterocycles. The Balaban J connectivity index is 2.53. The first-order chi connectivity index (χ1) is 8.79. The molecule has 1 aromatic rings. The minimum Gasteiger partial charge on any atom is -0.482 e. The number of amides is 1. The Labute approximate surface area is 107 Å². The molecule has 0 saturated carbocycles. The zero-order valence-corrected chi connectivity index (χ0v) is 10.2. The van der Waals surface area contributed by atoms with Crippen LogP contribution >= 0.6 is 0 Å². The Kier molecular flexibility index (Phi) is 3.14. The molecule has 2 rings (SSSR count). The first kappa shape index (κ1) is 13.3. The number of carbonyl (C=O) groups is 2. The maximum atomic E-state index is 12.9. The third-order valence-electron chi connectivity index (χ3n) is 2.45. The van der Waals surface area contributed by atoms with E-state index in [0.29, 0.717) is 0 Å². The molecule has 7 nitrogen and oxygen atoms in total. The van der Waals surface area contributed by atoms with E-state index in [1.165, 1.54) is 6.07 Å². The van der Waals surface area contributed by atoms with Crippen molar-refractivity contribution in [3.05, 3.63) is 18.2 Å².